The molecule has 0 radical (unpaired) electrons. The van der Waals surface area contributed by atoms with Gasteiger partial charge in [0.15, 0.2) is 0 Å². The number of sulfonamides is 1. The molecule has 220 valence electrons. The van der Waals surface area contributed by atoms with Gasteiger partial charge in [0.05, 0.1) is 5.88 Å². The van der Waals surface area contributed by atoms with Crippen LogP contribution in [0.3, 0.4) is 0 Å². The van der Waals surface area contributed by atoms with Crippen LogP contribution in [0.25, 0.3) is 0 Å². The summed E-state index contributed by atoms with van der Waals surface area (Å²) in [6, 6.07) is 6.60. The number of piperazine rings is 1. The van der Waals surface area contributed by atoms with Crippen molar-refractivity contribution in [3.8, 4) is 5.75 Å². The third-order valence-electron chi connectivity index (χ3n) is 6.90. The second-order valence-electron chi connectivity index (χ2n) is 10.1. The number of carbonyl (C=O) groups is 4. The van der Waals surface area contributed by atoms with Gasteiger partial charge in [0, 0.05) is 49.7 Å². The normalized spacial score (nSPS) is 19.8. The first-order valence-electron chi connectivity index (χ1n) is 12.8. The fraction of sp³-hybridized carbons (Fsp3) is 0.423. The van der Waals surface area contributed by atoms with Gasteiger partial charge in [-0.05, 0) is 43.7 Å². The highest BCUT2D eigenvalue weighted by Crippen LogP contribution is 2.42. The minimum absolute atomic E-state index is 0.0208. The van der Waals surface area contributed by atoms with Gasteiger partial charge >= 0.3 is 12.1 Å². The fourth-order valence-electron chi connectivity index (χ4n) is 4.58. The highest BCUT2D eigenvalue weighted by molar-refractivity contribution is 8.02. The quantitative estimate of drug-likeness (QED) is 0.394. The van der Waals surface area contributed by atoms with Crippen LogP contribution in [0.1, 0.15) is 19.4 Å². The van der Waals surface area contributed by atoms with Gasteiger partial charge in [-0.3, -0.25) is 14.6 Å². The Balaban J connectivity index is 1.41. The van der Waals surface area contributed by atoms with Crippen molar-refractivity contribution in [3.63, 3.8) is 0 Å². The number of nitrogens with one attached hydrogen (secondary N) is 1. The van der Waals surface area contributed by atoms with Gasteiger partial charge in [-0.1, -0.05) is 12.1 Å². The lowest BCUT2D eigenvalue weighted by atomic mass is 10.0. The van der Waals surface area contributed by atoms with E-state index in [0.29, 0.717) is 31.7 Å². The van der Waals surface area contributed by atoms with Crippen LogP contribution in [0, 0.1) is 0 Å². The van der Waals surface area contributed by atoms with Crippen molar-refractivity contribution in [1.29, 1.82) is 0 Å². The molecule has 0 aliphatic carbocycles. The number of thioether (sulfide) groups is 1. The van der Waals surface area contributed by atoms with Gasteiger partial charge in [0.25, 0.3) is 0 Å². The standard InChI is InChI=1S/C26H31N5O8S2/c1-26(2)22(31(17-40-26)41(37,38)20-4-3-9-27-15-20)23(33)28-21(24(34)35)14-18-5-7-19(8-6-18)39-25(36)30-12-10-29(16-32)11-13-30/h3-9,15-16,21-22H,10-14,17H2,1-2H3,(H,28,33)(H,34,35)/t21?,22-/m1/s1. The molecule has 0 spiro atoms. The molecular weight excluding hydrogens is 574 g/mol. The first kappa shape index (κ1) is 30.3. The number of ether oxygens (including phenoxy) is 1. The van der Waals surface area contributed by atoms with Crippen LogP contribution >= 0.6 is 11.8 Å². The van der Waals surface area contributed by atoms with Gasteiger partial charge in [0.1, 0.15) is 22.7 Å². The van der Waals surface area contributed by atoms with Gasteiger partial charge in [-0.25, -0.2) is 18.0 Å². The zero-order chi connectivity index (χ0) is 29.8. The largest absolute Gasteiger partial charge is 0.480 e. The van der Waals surface area contributed by atoms with E-state index in [4.69, 9.17) is 4.74 Å². The topological polar surface area (TPSA) is 167 Å². The smallest absolute Gasteiger partial charge is 0.415 e. The monoisotopic (exact) mass is 605 g/mol. The van der Waals surface area contributed by atoms with Gasteiger partial charge < -0.3 is 25.0 Å². The van der Waals surface area contributed by atoms with Crippen molar-refractivity contribution in [2.24, 2.45) is 0 Å². The summed E-state index contributed by atoms with van der Waals surface area (Å²) in [5.41, 5.74) is 0.553. The Morgan fingerprint density at radius 2 is 1.85 bits per heavy atom. The molecule has 2 fully saturated rings. The highest BCUT2D eigenvalue weighted by atomic mass is 32.2. The number of benzene rings is 1. The number of rotatable bonds is 9. The Labute approximate surface area is 241 Å². The second kappa shape index (κ2) is 12.4. The van der Waals surface area contributed by atoms with Crippen LogP contribution in [0.4, 0.5) is 4.79 Å². The lowest BCUT2D eigenvalue weighted by Crippen LogP contribution is -2.56. The molecule has 2 atom stereocenters. The summed E-state index contributed by atoms with van der Waals surface area (Å²) in [6.45, 7) is 5.02. The number of hydrogen-bond donors (Lipinski definition) is 2. The third kappa shape index (κ3) is 6.97. The number of nitrogens with zero attached hydrogens (tertiary/aromatic N) is 4. The maximum absolute atomic E-state index is 13.4. The number of aliphatic carboxylic acids is 1. The first-order chi connectivity index (χ1) is 19.4. The van der Waals surface area contributed by atoms with Crippen molar-refractivity contribution >= 4 is 46.2 Å². The summed E-state index contributed by atoms with van der Waals surface area (Å²) >= 11 is 1.28. The Morgan fingerprint density at radius 1 is 1.17 bits per heavy atom. The molecule has 3 heterocycles. The molecule has 2 N–H and O–H groups in total. The van der Waals surface area contributed by atoms with Gasteiger partial charge in [-0.15, -0.1) is 11.8 Å². The van der Waals surface area contributed by atoms with Crippen LogP contribution in [-0.2, 0) is 30.8 Å². The van der Waals surface area contributed by atoms with E-state index < -0.39 is 44.8 Å². The predicted molar refractivity (Wildman–Crippen MR) is 149 cm³/mol. The molecule has 3 amide bonds. The molecule has 2 saturated heterocycles. The average Bonchev–Trinajstić information content (AvgIpc) is 3.29. The molecule has 2 aliphatic rings. The van der Waals surface area contributed by atoms with E-state index in [-0.39, 0.29) is 22.9 Å². The molecule has 4 rings (SSSR count). The Morgan fingerprint density at radius 3 is 2.44 bits per heavy atom. The molecular formula is C26H31N5O8S2. The summed E-state index contributed by atoms with van der Waals surface area (Å²) in [6.07, 6.45) is 2.75. The number of pyridine rings is 1. The van der Waals surface area contributed by atoms with Crippen LogP contribution in [0.2, 0.25) is 0 Å². The molecule has 1 aromatic carbocycles. The highest BCUT2D eigenvalue weighted by Gasteiger charge is 2.51. The van der Waals surface area contributed by atoms with E-state index >= 15 is 0 Å². The average molecular weight is 606 g/mol. The zero-order valence-electron chi connectivity index (χ0n) is 22.5. The van der Waals surface area contributed by atoms with E-state index in [2.05, 4.69) is 10.3 Å². The Hall–Kier alpha value is -3.69. The molecule has 0 bridgehead atoms. The minimum Gasteiger partial charge on any atom is -0.480 e. The molecule has 1 unspecified atom stereocenters. The van der Waals surface area contributed by atoms with Crippen molar-refractivity contribution in [3.05, 3.63) is 54.4 Å². The number of carboxylic acid groups (broad SMARTS) is 1. The number of aromatic nitrogens is 1. The third-order valence-corrected chi connectivity index (χ3v) is 10.2. The van der Waals surface area contributed by atoms with Crippen LogP contribution < -0.4 is 10.1 Å². The van der Waals surface area contributed by atoms with Crippen molar-refractivity contribution < 1.29 is 37.4 Å². The van der Waals surface area contributed by atoms with Crippen LogP contribution in [0.15, 0.2) is 53.7 Å². The predicted octanol–water partition coefficient (Wildman–Crippen LogP) is 1.01. The summed E-state index contributed by atoms with van der Waals surface area (Å²) in [4.78, 5) is 55.6. The SMILES string of the molecule is CC1(C)SCN(S(=O)(=O)c2cccnc2)[C@@H]1C(=O)NC(Cc1ccc(OC(=O)N2CCN(C=O)CC2)cc1)C(=O)O. The fourth-order valence-corrected chi connectivity index (χ4v) is 7.71. The summed E-state index contributed by atoms with van der Waals surface area (Å²) in [7, 11) is -4.07. The van der Waals surface area contributed by atoms with Crippen molar-refractivity contribution in [1.82, 2.24) is 24.4 Å². The molecule has 13 nitrogen and oxygen atoms in total. The molecule has 2 aliphatic heterocycles. The van der Waals surface area contributed by atoms with Gasteiger partial charge in [0.2, 0.25) is 22.3 Å². The van der Waals surface area contributed by atoms with Crippen molar-refractivity contribution in [2.75, 3.05) is 32.1 Å². The summed E-state index contributed by atoms with van der Waals surface area (Å²) in [5.74, 6) is -1.73. The van der Waals surface area contributed by atoms with Crippen molar-refractivity contribution in [2.45, 2.75) is 42.0 Å². The lowest BCUT2D eigenvalue weighted by molar-refractivity contribution is -0.142. The van der Waals surface area contributed by atoms with E-state index in [1.807, 2.05) is 0 Å². The molecule has 2 aromatic rings. The first-order valence-corrected chi connectivity index (χ1v) is 15.2. The van der Waals surface area contributed by atoms with E-state index in [0.717, 1.165) is 10.7 Å². The molecule has 41 heavy (non-hydrogen) atoms. The lowest BCUT2D eigenvalue weighted by Gasteiger charge is -2.31. The summed E-state index contributed by atoms with van der Waals surface area (Å²) in [5, 5.41) is 12.4. The Kier molecular flexibility index (Phi) is 9.19. The van der Waals surface area contributed by atoms with Gasteiger partial charge in [-0.2, -0.15) is 4.31 Å². The Bertz CT molecular complexity index is 1380. The van der Waals surface area contributed by atoms with E-state index in [9.17, 15) is 32.7 Å². The van der Waals surface area contributed by atoms with E-state index in [1.54, 1.807) is 30.9 Å². The minimum atomic E-state index is -4.07. The summed E-state index contributed by atoms with van der Waals surface area (Å²) < 4.78 is 32.3. The van der Waals surface area contributed by atoms with Crippen LogP contribution in [-0.4, -0.2) is 106 Å². The number of carboxylic acids is 1. The van der Waals surface area contributed by atoms with E-state index in [1.165, 1.54) is 53.3 Å². The van der Waals surface area contributed by atoms with Crippen LogP contribution in [0.5, 0.6) is 5.75 Å². The molecule has 1 aromatic heterocycles. The second-order valence-corrected chi connectivity index (χ2v) is 13.6. The number of amides is 3. The zero-order valence-corrected chi connectivity index (χ0v) is 24.1. The maximum atomic E-state index is 13.4. The number of carbonyl (C=O) groups excluding carboxylic acids is 3. The number of hydrogen-bond acceptors (Lipinski definition) is 9. The molecule has 15 heteroatoms. The molecule has 0 saturated carbocycles. The maximum Gasteiger partial charge on any atom is 0.415 e.